The van der Waals surface area contributed by atoms with E-state index in [1.807, 2.05) is 13.8 Å². The topological polar surface area (TPSA) is 26.0 Å². The zero-order chi connectivity index (χ0) is 10.7. The van der Waals surface area contributed by atoms with Gasteiger partial charge in [-0.3, -0.25) is 0 Å². The molecule has 0 saturated heterocycles. The van der Waals surface area contributed by atoms with E-state index < -0.39 is 0 Å². The number of nitrogens with two attached hydrogens (primary N) is 1. The third-order valence-electron chi connectivity index (χ3n) is 1.98. The van der Waals surface area contributed by atoms with E-state index in [1.54, 1.807) is 0 Å². The van der Waals surface area contributed by atoms with Gasteiger partial charge in [-0.15, -0.1) is 0 Å². The molecule has 1 aliphatic carbocycles. The van der Waals surface area contributed by atoms with Crippen LogP contribution < -0.4 is 5.73 Å². The van der Waals surface area contributed by atoms with Crippen LogP contribution in [-0.4, -0.2) is 6.04 Å². The van der Waals surface area contributed by atoms with Gasteiger partial charge in [-0.1, -0.05) is 53.9 Å². The van der Waals surface area contributed by atoms with Gasteiger partial charge >= 0.3 is 0 Å². The second-order valence-corrected chi connectivity index (χ2v) is 3.74. The van der Waals surface area contributed by atoms with Gasteiger partial charge in [0, 0.05) is 6.04 Å². The third-order valence-corrected chi connectivity index (χ3v) is 1.98. The van der Waals surface area contributed by atoms with E-state index in [-0.39, 0.29) is 0 Å². The number of hydrogen-bond acceptors (Lipinski definition) is 1. The Labute approximate surface area is 85.1 Å². The molecule has 1 rings (SSSR count). The summed E-state index contributed by atoms with van der Waals surface area (Å²) in [4.78, 5) is 0. The molecule has 0 heterocycles. The van der Waals surface area contributed by atoms with Crippen molar-refractivity contribution in [3.05, 3.63) is 0 Å². The fourth-order valence-electron chi connectivity index (χ4n) is 1.48. The van der Waals surface area contributed by atoms with Crippen molar-refractivity contribution >= 4 is 0 Å². The molecule has 1 aliphatic rings. The van der Waals surface area contributed by atoms with Crippen LogP contribution in [0.25, 0.3) is 0 Å². The maximum absolute atomic E-state index is 5.73. The van der Waals surface area contributed by atoms with Gasteiger partial charge in [0.05, 0.1) is 0 Å². The minimum absolute atomic E-state index is 0.513. The molecular weight excluding hydrogens is 158 g/mol. The zero-order valence-corrected chi connectivity index (χ0v) is 10.3. The molecule has 2 atom stereocenters. The van der Waals surface area contributed by atoms with Gasteiger partial charge in [-0.05, 0) is 18.8 Å². The summed E-state index contributed by atoms with van der Waals surface area (Å²) in [6, 6.07) is 0.513. The third kappa shape index (κ3) is 12.0. The van der Waals surface area contributed by atoms with Crippen LogP contribution in [-0.2, 0) is 0 Å². The fourth-order valence-corrected chi connectivity index (χ4v) is 1.48. The lowest BCUT2D eigenvalue weighted by Crippen LogP contribution is -2.26. The van der Waals surface area contributed by atoms with Crippen molar-refractivity contribution < 1.29 is 0 Å². The Hall–Kier alpha value is -0.0400. The molecule has 2 unspecified atom stereocenters. The van der Waals surface area contributed by atoms with E-state index >= 15 is 0 Å². The molecule has 0 radical (unpaired) electrons. The summed E-state index contributed by atoms with van der Waals surface area (Å²) >= 11 is 0. The molecule has 1 fully saturated rings. The van der Waals surface area contributed by atoms with E-state index in [4.69, 9.17) is 5.73 Å². The van der Waals surface area contributed by atoms with Crippen molar-refractivity contribution in [1.29, 1.82) is 0 Å². The quantitative estimate of drug-likeness (QED) is 0.610. The highest BCUT2D eigenvalue weighted by Crippen LogP contribution is 2.21. The predicted octanol–water partition coefficient (Wildman–Crippen LogP) is 3.97. The molecule has 0 aromatic rings. The summed E-state index contributed by atoms with van der Waals surface area (Å²) < 4.78 is 0. The minimum Gasteiger partial charge on any atom is -0.328 e. The molecule has 1 heteroatoms. The van der Waals surface area contributed by atoms with Crippen LogP contribution in [0.3, 0.4) is 0 Å². The molecule has 1 nitrogen and oxygen atoms in total. The van der Waals surface area contributed by atoms with Gasteiger partial charge in [-0.2, -0.15) is 0 Å². The van der Waals surface area contributed by atoms with Gasteiger partial charge in [0.15, 0.2) is 0 Å². The molecular formula is C12H29N. The van der Waals surface area contributed by atoms with Crippen molar-refractivity contribution in [1.82, 2.24) is 0 Å². The summed E-state index contributed by atoms with van der Waals surface area (Å²) in [5.41, 5.74) is 5.73. The van der Waals surface area contributed by atoms with Gasteiger partial charge in [0.2, 0.25) is 0 Å². The Morgan fingerprint density at radius 3 is 1.85 bits per heavy atom. The van der Waals surface area contributed by atoms with Crippen LogP contribution >= 0.6 is 0 Å². The number of rotatable bonds is 0. The minimum atomic E-state index is 0.513. The molecule has 82 valence electrons. The molecule has 0 aromatic carbocycles. The highest BCUT2D eigenvalue weighted by Gasteiger charge is 2.13. The van der Waals surface area contributed by atoms with Crippen LogP contribution in [0, 0.1) is 5.92 Å². The summed E-state index contributed by atoms with van der Waals surface area (Å²) in [7, 11) is 0. The first-order valence-corrected chi connectivity index (χ1v) is 5.96. The monoisotopic (exact) mass is 187 g/mol. The highest BCUT2D eigenvalue weighted by atomic mass is 14.6. The lowest BCUT2D eigenvalue weighted by molar-refractivity contribution is 0.344. The highest BCUT2D eigenvalue weighted by molar-refractivity contribution is 4.71. The average Bonchev–Trinajstić information content (AvgIpc) is 2.08. The Kier molecular flexibility index (Phi) is 14.2. The molecule has 0 aromatic heterocycles. The van der Waals surface area contributed by atoms with Gasteiger partial charge in [0.1, 0.15) is 0 Å². The Morgan fingerprint density at radius 2 is 1.62 bits per heavy atom. The fraction of sp³-hybridized carbons (Fsp3) is 1.00. The molecule has 0 spiro atoms. The normalized spacial score (nSPS) is 26.3. The second-order valence-electron chi connectivity index (χ2n) is 3.74. The van der Waals surface area contributed by atoms with Gasteiger partial charge in [0.25, 0.3) is 0 Å². The van der Waals surface area contributed by atoms with Crippen molar-refractivity contribution in [3.8, 4) is 0 Å². The summed E-state index contributed by atoms with van der Waals surface area (Å²) in [5.74, 6) is 0.888. The first-order chi connectivity index (χ1) is 6.20. The van der Waals surface area contributed by atoms with Crippen molar-refractivity contribution in [2.75, 3.05) is 0 Å². The summed E-state index contributed by atoms with van der Waals surface area (Å²) in [5, 5.41) is 0. The predicted molar refractivity (Wildman–Crippen MR) is 62.9 cm³/mol. The standard InChI is InChI=1S/C7H15N.C3H8.C2H6/c1-6-3-2-4-7(8)5-6;1-3-2;1-2/h6-7H,2-5,8H2,1H3;3H2,1-2H3;1-2H3. The molecule has 0 bridgehead atoms. The van der Waals surface area contributed by atoms with E-state index in [0.717, 1.165) is 5.92 Å². The van der Waals surface area contributed by atoms with Crippen molar-refractivity contribution in [2.45, 2.75) is 72.8 Å². The SMILES string of the molecule is CC.CC1CCCC(N)C1.CCC. The van der Waals surface area contributed by atoms with E-state index in [2.05, 4.69) is 20.8 Å². The molecule has 2 N–H and O–H groups in total. The summed E-state index contributed by atoms with van der Waals surface area (Å²) in [6.45, 7) is 10.5. The van der Waals surface area contributed by atoms with Crippen molar-refractivity contribution in [3.63, 3.8) is 0 Å². The molecule has 1 saturated carbocycles. The first kappa shape index (κ1) is 15.4. The van der Waals surface area contributed by atoms with E-state index in [9.17, 15) is 0 Å². The van der Waals surface area contributed by atoms with Crippen LogP contribution in [0.4, 0.5) is 0 Å². The van der Waals surface area contributed by atoms with Crippen molar-refractivity contribution in [2.24, 2.45) is 11.7 Å². The summed E-state index contributed by atoms with van der Waals surface area (Å²) in [6.07, 6.45) is 6.50. The molecule has 0 amide bonds. The molecule has 0 aliphatic heterocycles. The Bertz CT molecular complexity index is 73.2. The van der Waals surface area contributed by atoms with Gasteiger partial charge < -0.3 is 5.73 Å². The largest absolute Gasteiger partial charge is 0.328 e. The molecule has 13 heavy (non-hydrogen) atoms. The second kappa shape index (κ2) is 12.0. The maximum atomic E-state index is 5.73. The average molecular weight is 187 g/mol. The lowest BCUT2D eigenvalue weighted by Gasteiger charge is -2.22. The maximum Gasteiger partial charge on any atom is 0.00413 e. The number of hydrogen-bond donors (Lipinski definition) is 1. The van der Waals surface area contributed by atoms with E-state index in [0.29, 0.717) is 6.04 Å². The Morgan fingerprint density at radius 1 is 1.15 bits per heavy atom. The first-order valence-electron chi connectivity index (χ1n) is 5.96. The Balaban J connectivity index is 0. The van der Waals surface area contributed by atoms with Crippen LogP contribution in [0.1, 0.15) is 66.7 Å². The van der Waals surface area contributed by atoms with Gasteiger partial charge in [-0.25, -0.2) is 0 Å². The lowest BCUT2D eigenvalue weighted by atomic mass is 9.88. The van der Waals surface area contributed by atoms with Crippen LogP contribution in [0.5, 0.6) is 0 Å². The zero-order valence-electron chi connectivity index (χ0n) is 10.3. The van der Waals surface area contributed by atoms with E-state index in [1.165, 1.54) is 32.1 Å². The smallest absolute Gasteiger partial charge is 0.00413 e. The van der Waals surface area contributed by atoms with Crippen LogP contribution in [0.2, 0.25) is 0 Å². The van der Waals surface area contributed by atoms with Crippen LogP contribution in [0.15, 0.2) is 0 Å².